The summed E-state index contributed by atoms with van der Waals surface area (Å²) in [6.07, 6.45) is 4.63. The van der Waals surface area contributed by atoms with E-state index in [1.165, 1.54) is 5.56 Å². The predicted molar refractivity (Wildman–Crippen MR) is 108 cm³/mol. The fourth-order valence-corrected chi connectivity index (χ4v) is 3.76. The first-order chi connectivity index (χ1) is 13.1. The molecule has 5 heteroatoms. The van der Waals surface area contributed by atoms with Gasteiger partial charge in [-0.05, 0) is 55.7 Å². The van der Waals surface area contributed by atoms with Gasteiger partial charge in [-0.25, -0.2) is 0 Å². The van der Waals surface area contributed by atoms with Crippen LogP contribution in [0.3, 0.4) is 0 Å². The lowest BCUT2D eigenvalue weighted by atomic mass is 10.1. The number of nitrogens with one attached hydrogen (secondary N) is 1. The van der Waals surface area contributed by atoms with E-state index in [1.807, 2.05) is 59.1 Å². The van der Waals surface area contributed by atoms with Crippen LogP contribution in [0.5, 0.6) is 0 Å². The van der Waals surface area contributed by atoms with Crippen LogP contribution in [0.4, 0.5) is 11.4 Å². The van der Waals surface area contributed by atoms with E-state index in [-0.39, 0.29) is 18.0 Å². The van der Waals surface area contributed by atoms with Crippen LogP contribution in [0.25, 0.3) is 0 Å². The van der Waals surface area contributed by atoms with Gasteiger partial charge in [-0.1, -0.05) is 30.3 Å². The molecule has 2 unspecified atom stereocenters. The lowest BCUT2D eigenvalue weighted by Crippen LogP contribution is -2.44. The Bertz CT molecular complexity index is 935. The molecule has 1 aliphatic rings. The highest BCUT2D eigenvalue weighted by Gasteiger charge is 2.32. The van der Waals surface area contributed by atoms with Gasteiger partial charge in [0.2, 0.25) is 5.91 Å². The maximum Gasteiger partial charge on any atom is 0.249 e. The van der Waals surface area contributed by atoms with Crippen LogP contribution in [0.2, 0.25) is 0 Å². The number of hydrogen-bond acceptors (Lipinski definition) is 3. The summed E-state index contributed by atoms with van der Waals surface area (Å²) < 4.78 is 1.89. The highest BCUT2D eigenvalue weighted by molar-refractivity contribution is 6.00. The van der Waals surface area contributed by atoms with E-state index in [0.29, 0.717) is 6.54 Å². The van der Waals surface area contributed by atoms with Crippen molar-refractivity contribution < 1.29 is 4.79 Å². The van der Waals surface area contributed by atoms with Crippen molar-refractivity contribution in [3.05, 3.63) is 78.1 Å². The van der Waals surface area contributed by atoms with Crippen molar-refractivity contribution in [2.75, 3.05) is 10.2 Å². The number of anilines is 2. The minimum absolute atomic E-state index is 0.102. The minimum Gasteiger partial charge on any atom is -0.374 e. The number of amides is 1. The lowest BCUT2D eigenvalue weighted by molar-refractivity contribution is -0.119. The topological polar surface area (TPSA) is 50.2 Å². The summed E-state index contributed by atoms with van der Waals surface area (Å²) in [5, 5.41) is 7.62. The van der Waals surface area contributed by atoms with Crippen LogP contribution < -0.4 is 10.2 Å². The molecule has 1 N–H and O–H groups in total. The minimum atomic E-state index is -0.307. The van der Waals surface area contributed by atoms with Gasteiger partial charge in [0.25, 0.3) is 0 Å². The molecule has 0 bridgehead atoms. The van der Waals surface area contributed by atoms with Gasteiger partial charge in [0.1, 0.15) is 6.04 Å². The third-order valence-electron chi connectivity index (χ3n) is 5.03. The molecule has 0 radical (unpaired) electrons. The molecule has 4 rings (SSSR count). The number of para-hydroxylation sites is 1. The molecule has 138 valence electrons. The first-order valence-electron chi connectivity index (χ1n) is 9.35. The zero-order valence-corrected chi connectivity index (χ0v) is 15.7. The Hall–Kier alpha value is -3.08. The van der Waals surface area contributed by atoms with E-state index >= 15 is 0 Å². The highest BCUT2D eigenvalue weighted by atomic mass is 16.2. The molecule has 0 saturated carbocycles. The van der Waals surface area contributed by atoms with E-state index in [1.54, 1.807) is 6.20 Å². The van der Waals surface area contributed by atoms with E-state index in [0.717, 1.165) is 23.4 Å². The highest BCUT2D eigenvalue weighted by Crippen LogP contribution is 2.32. The Morgan fingerprint density at radius 1 is 1.22 bits per heavy atom. The van der Waals surface area contributed by atoms with Crippen molar-refractivity contribution in [1.82, 2.24) is 9.78 Å². The Morgan fingerprint density at radius 3 is 2.89 bits per heavy atom. The number of hydrogen-bond donors (Lipinski definition) is 1. The average Bonchev–Trinajstić information content (AvgIpc) is 3.28. The summed E-state index contributed by atoms with van der Waals surface area (Å²) >= 11 is 0. The lowest BCUT2D eigenvalue weighted by Gasteiger charge is -2.27. The van der Waals surface area contributed by atoms with Crippen molar-refractivity contribution in [3.8, 4) is 0 Å². The normalized spacial score (nSPS) is 16.8. The molecule has 1 aromatic heterocycles. The summed E-state index contributed by atoms with van der Waals surface area (Å²) in [7, 11) is 0. The number of carbonyl (C=O) groups is 1. The van der Waals surface area contributed by atoms with E-state index in [4.69, 9.17) is 0 Å². The Morgan fingerprint density at radius 2 is 2.07 bits per heavy atom. The molecule has 5 nitrogen and oxygen atoms in total. The zero-order valence-electron chi connectivity index (χ0n) is 15.7. The summed E-state index contributed by atoms with van der Waals surface area (Å²) in [6, 6.07) is 18.1. The van der Waals surface area contributed by atoms with Crippen molar-refractivity contribution in [3.63, 3.8) is 0 Å². The largest absolute Gasteiger partial charge is 0.374 e. The summed E-state index contributed by atoms with van der Waals surface area (Å²) in [6.45, 7) is 4.74. The van der Waals surface area contributed by atoms with Gasteiger partial charge < -0.3 is 10.2 Å². The number of benzene rings is 2. The van der Waals surface area contributed by atoms with Crippen molar-refractivity contribution >= 4 is 17.3 Å². The van der Waals surface area contributed by atoms with E-state index < -0.39 is 0 Å². The maximum atomic E-state index is 13.1. The second-order valence-electron chi connectivity index (χ2n) is 7.16. The fourth-order valence-electron chi connectivity index (χ4n) is 3.76. The van der Waals surface area contributed by atoms with Gasteiger partial charge in [0, 0.05) is 29.8 Å². The van der Waals surface area contributed by atoms with Crippen LogP contribution in [-0.2, 0) is 17.8 Å². The second kappa shape index (κ2) is 7.27. The van der Waals surface area contributed by atoms with Gasteiger partial charge in [0.05, 0.1) is 6.54 Å². The summed E-state index contributed by atoms with van der Waals surface area (Å²) in [5.74, 6) is 0.102. The van der Waals surface area contributed by atoms with Crippen LogP contribution in [0.1, 0.15) is 25.0 Å². The van der Waals surface area contributed by atoms with Gasteiger partial charge in [0.15, 0.2) is 0 Å². The van der Waals surface area contributed by atoms with Crippen molar-refractivity contribution in [2.24, 2.45) is 0 Å². The smallest absolute Gasteiger partial charge is 0.249 e. The van der Waals surface area contributed by atoms with Crippen molar-refractivity contribution in [2.45, 2.75) is 38.9 Å². The zero-order chi connectivity index (χ0) is 18.8. The quantitative estimate of drug-likeness (QED) is 0.755. The number of aromatic nitrogens is 2. The number of fused-ring (bicyclic) bond motifs is 1. The molecule has 0 aliphatic carbocycles. The monoisotopic (exact) mass is 360 g/mol. The number of carbonyl (C=O) groups excluding carboxylic acids is 1. The first kappa shape index (κ1) is 17.3. The molecule has 27 heavy (non-hydrogen) atoms. The van der Waals surface area contributed by atoms with Crippen molar-refractivity contribution in [1.29, 1.82) is 0 Å². The molecule has 1 aliphatic heterocycles. The van der Waals surface area contributed by atoms with Gasteiger partial charge in [-0.2, -0.15) is 5.10 Å². The molecular weight excluding hydrogens is 336 g/mol. The van der Waals surface area contributed by atoms with Crippen LogP contribution >= 0.6 is 0 Å². The molecule has 2 heterocycles. The maximum absolute atomic E-state index is 13.1. The molecule has 0 saturated heterocycles. The fraction of sp³-hybridized carbons (Fsp3) is 0.273. The van der Waals surface area contributed by atoms with Crippen LogP contribution in [-0.4, -0.2) is 27.8 Å². The van der Waals surface area contributed by atoms with Gasteiger partial charge in [-0.3, -0.25) is 9.48 Å². The summed E-state index contributed by atoms with van der Waals surface area (Å²) in [4.78, 5) is 15.0. The number of nitrogens with zero attached hydrogens (tertiary/aromatic N) is 3. The molecule has 2 atom stereocenters. The molecule has 2 aromatic carbocycles. The number of rotatable bonds is 5. The van der Waals surface area contributed by atoms with Crippen LogP contribution in [0.15, 0.2) is 67.0 Å². The van der Waals surface area contributed by atoms with Crippen LogP contribution in [0, 0.1) is 0 Å². The molecular formula is C22H24N4O. The molecule has 0 fully saturated rings. The summed E-state index contributed by atoms with van der Waals surface area (Å²) in [5.41, 5.74) is 4.37. The molecule has 0 spiro atoms. The van der Waals surface area contributed by atoms with Gasteiger partial charge >= 0.3 is 0 Å². The third kappa shape index (κ3) is 3.58. The Labute approximate surface area is 159 Å². The first-order valence-corrected chi connectivity index (χ1v) is 9.35. The standard InChI is InChI=1S/C22H24N4O/c1-16-13-19-8-3-4-10-21(19)26(16)22(27)17(2)24-20-9-5-7-18(14-20)15-25-12-6-11-23-25/h3-12,14,16-17,24H,13,15H2,1-2H3. The average molecular weight is 360 g/mol. The predicted octanol–water partition coefficient (Wildman–Crippen LogP) is 3.71. The van der Waals surface area contributed by atoms with E-state index in [9.17, 15) is 4.79 Å². The van der Waals surface area contributed by atoms with E-state index in [2.05, 4.69) is 35.5 Å². The molecule has 3 aromatic rings. The second-order valence-corrected chi connectivity index (χ2v) is 7.16. The molecule has 1 amide bonds. The Kier molecular flexibility index (Phi) is 4.67. The Balaban J connectivity index is 1.47. The SMILES string of the molecule is CC(Nc1cccc(Cn2cccn2)c1)C(=O)N1c2ccccc2CC1C. The third-order valence-corrected chi connectivity index (χ3v) is 5.03. The van der Waals surface area contributed by atoms with Gasteiger partial charge in [-0.15, -0.1) is 0 Å².